The highest BCUT2D eigenvalue weighted by Gasteiger charge is 2.43. The molecule has 26 heavy (non-hydrogen) atoms. The van der Waals surface area contributed by atoms with E-state index in [1.54, 1.807) is 0 Å². The summed E-state index contributed by atoms with van der Waals surface area (Å²) in [7, 11) is -4.10. The molecule has 11 heteroatoms. The molecule has 0 saturated heterocycles. The first-order valence-corrected chi connectivity index (χ1v) is 9.28. The second-order valence-corrected chi connectivity index (χ2v) is 7.86. The lowest BCUT2D eigenvalue weighted by Crippen LogP contribution is -2.25. The number of aromatic amines is 1. The molecule has 0 fully saturated rings. The summed E-state index contributed by atoms with van der Waals surface area (Å²) in [6.07, 6.45) is -2.36. The topological polar surface area (TPSA) is 80.4 Å². The van der Waals surface area contributed by atoms with Crippen LogP contribution in [0.15, 0.2) is 41.4 Å². The third kappa shape index (κ3) is 2.81. The predicted molar refractivity (Wildman–Crippen MR) is 91.8 cm³/mol. The van der Waals surface area contributed by atoms with E-state index in [1.807, 2.05) is 0 Å². The molecule has 1 aliphatic heterocycles. The molecule has 1 aromatic heterocycles. The van der Waals surface area contributed by atoms with E-state index in [1.165, 1.54) is 18.3 Å². The molecule has 2 aromatic carbocycles. The number of halogens is 4. The number of benzene rings is 2. The largest absolute Gasteiger partial charge is 0.586 e. The van der Waals surface area contributed by atoms with Gasteiger partial charge in [-0.1, -0.05) is 23.2 Å². The molecule has 0 unspecified atom stereocenters. The lowest BCUT2D eigenvalue weighted by atomic mass is 10.2. The van der Waals surface area contributed by atoms with Gasteiger partial charge in [-0.15, -0.1) is 8.78 Å². The van der Waals surface area contributed by atoms with Crippen molar-refractivity contribution in [3.63, 3.8) is 0 Å². The van der Waals surface area contributed by atoms with Gasteiger partial charge in [0.15, 0.2) is 11.5 Å². The summed E-state index contributed by atoms with van der Waals surface area (Å²) in [5, 5.41) is 1.13. The molecule has 0 atom stereocenters. The van der Waals surface area contributed by atoms with Gasteiger partial charge >= 0.3 is 6.29 Å². The third-order valence-electron chi connectivity index (χ3n) is 3.66. The molecule has 2 heterocycles. The maximum atomic E-state index is 13.1. The van der Waals surface area contributed by atoms with E-state index in [9.17, 15) is 17.2 Å². The van der Waals surface area contributed by atoms with Crippen molar-refractivity contribution in [3.8, 4) is 11.5 Å². The highest BCUT2D eigenvalue weighted by atomic mass is 35.5. The van der Waals surface area contributed by atoms with Gasteiger partial charge in [0, 0.05) is 17.6 Å². The Morgan fingerprint density at radius 3 is 2.54 bits per heavy atom. The van der Waals surface area contributed by atoms with Gasteiger partial charge in [-0.2, -0.15) is 0 Å². The van der Waals surface area contributed by atoms with Gasteiger partial charge < -0.3 is 14.5 Å². The van der Waals surface area contributed by atoms with Crippen LogP contribution in [0.2, 0.25) is 10.0 Å². The van der Waals surface area contributed by atoms with Crippen LogP contribution in [-0.4, -0.2) is 19.7 Å². The van der Waals surface area contributed by atoms with Gasteiger partial charge in [0.05, 0.1) is 26.1 Å². The van der Waals surface area contributed by atoms with Gasteiger partial charge in [0.2, 0.25) is 0 Å². The number of hydrogen-bond donors (Lipinski definition) is 2. The molecule has 2 N–H and O–H groups in total. The molecule has 136 valence electrons. The number of alkyl halides is 2. The fraction of sp³-hybridized carbons (Fsp3) is 0.0667. The number of anilines is 1. The van der Waals surface area contributed by atoms with Gasteiger partial charge in [-0.05, 0) is 24.3 Å². The second kappa shape index (κ2) is 5.63. The minimum atomic E-state index is -4.10. The maximum Gasteiger partial charge on any atom is 0.586 e. The number of aromatic nitrogens is 1. The normalized spacial score (nSPS) is 15.4. The van der Waals surface area contributed by atoms with Gasteiger partial charge in [0.25, 0.3) is 10.0 Å². The zero-order valence-electron chi connectivity index (χ0n) is 12.5. The van der Waals surface area contributed by atoms with Crippen molar-refractivity contribution in [2.45, 2.75) is 11.2 Å². The quantitative estimate of drug-likeness (QED) is 0.648. The van der Waals surface area contributed by atoms with E-state index < -0.39 is 16.3 Å². The average Bonchev–Trinajstić information content (AvgIpc) is 3.08. The molecule has 0 saturated carbocycles. The summed E-state index contributed by atoms with van der Waals surface area (Å²) in [4.78, 5) is 2.56. The standard InChI is InChI=1S/C15H8Cl2F2N2O4S/c16-8-2-3-10(14-13(8)9(17)6-20-14)21-26(22,23)7-1-4-11-12(5-7)25-15(18,19)24-11/h1-6,20-21H. The van der Waals surface area contributed by atoms with Crippen LogP contribution in [0.3, 0.4) is 0 Å². The number of hydrogen-bond acceptors (Lipinski definition) is 4. The highest BCUT2D eigenvalue weighted by Crippen LogP contribution is 2.42. The van der Waals surface area contributed by atoms with Crippen molar-refractivity contribution < 1.29 is 26.7 Å². The Labute approximate surface area is 155 Å². The third-order valence-corrected chi connectivity index (χ3v) is 5.64. The lowest BCUT2D eigenvalue weighted by Gasteiger charge is -2.10. The summed E-state index contributed by atoms with van der Waals surface area (Å²) in [5.74, 6) is -0.624. The zero-order valence-corrected chi connectivity index (χ0v) is 14.8. The average molecular weight is 421 g/mol. The maximum absolute atomic E-state index is 13.1. The monoisotopic (exact) mass is 420 g/mol. The molecule has 0 aliphatic carbocycles. The van der Waals surface area contributed by atoms with Crippen LogP contribution >= 0.6 is 23.2 Å². The molecular weight excluding hydrogens is 413 g/mol. The van der Waals surface area contributed by atoms with Crippen LogP contribution in [0.1, 0.15) is 0 Å². The van der Waals surface area contributed by atoms with Gasteiger partial charge in [-0.3, -0.25) is 4.72 Å². The van der Waals surface area contributed by atoms with Crippen molar-refractivity contribution in [1.29, 1.82) is 0 Å². The summed E-state index contributed by atoms with van der Waals surface area (Å²) < 4.78 is 62.3. The molecule has 0 bridgehead atoms. The first-order chi connectivity index (χ1) is 12.2. The van der Waals surface area contributed by atoms with Crippen molar-refractivity contribution >= 4 is 49.8 Å². The summed E-state index contributed by atoms with van der Waals surface area (Å²) in [6.45, 7) is 0. The molecular formula is C15H8Cl2F2N2O4S. The Morgan fingerprint density at radius 1 is 1.04 bits per heavy atom. The number of nitrogens with one attached hydrogen (secondary N) is 2. The van der Waals surface area contributed by atoms with E-state index in [2.05, 4.69) is 19.2 Å². The Bertz CT molecular complexity index is 1150. The smallest absolute Gasteiger partial charge is 0.395 e. The number of H-pyrrole nitrogens is 1. The minimum absolute atomic E-state index is 0.194. The van der Waals surface area contributed by atoms with Crippen molar-refractivity contribution in [2.75, 3.05) is 4.72 Å². The molecule has 0 spiro atoms. The molecule has 4 rings (SSSR count). The van der Waals surface area contributed by atoms with E-state index in [4.69, 9.17) is 23.2 Å². The minimum Gasteiger partial charge on any atom is -0.395 e. The summed E-state index contributed by atoms with van der Waals surface area (Å²) in [6, 6.07) is 6.11. The lowest BCUT2D eigenvalue weighted by molar-refractivity contribution is -0.286. The van der Waals surface area contributed by atoms with Crippen LogP contribution in [-0.2, 0) is 10.0 Å². The number of ether oxygens (including phenoxy) is 2. The first kappa shape index (κ1) is 17.2. The Morgan fingerprint density at radius 2 is 1.77 bits per heavy atom. The van der Waals surface area contributed by atoms with Crippen LogP contribution in [0.25, 0.3) is 10.9 Å². The van der Waals surface area contributed by atoms with E-state index >= 15 is 0 Å². The van der Waals surface area contributed by atoms with Crippen molar-refractivity contribution in [1.82, 2.24) is 4.98 Å². The van der Waals surface area contributed by atoms with Crippen LogP contribution < -0.4 is 14.2 Å². The number of fused-ring (bicyclic) bond motifs is 2. The molecule has 0 amide bonds. The molecule has 3 aromatic rings. The molecule has 0 radical (unpaired) electrons. The van der Waals surface area contributed by atoms with Gasteiger partial charge in [0.1, 0.15) is 0 Å². The summed E-state index contributed by atoms with van der Waals surface area (Å²) >= 11 is 12.1. The fourth-order valence-corrected chi connectivity index (χ4v) is 4.20. The Hall–Kier alpha value is -2.23. The van der Waals surface area contributed by atoms with E-state index in [-0.39, 0.29) is 22.1 Å². The highest BCUT2D eigenvalue weighted by molar-refractivity contribution is 7.92. The SMILES string of the molecule is O=S(=O)(Nc1ccc(Cl)c2c(Cl)c[nH]c12)c1ccc2c(c1)OC(F)(F)O2. The Balaban J connectivity index is 1.73. The fourth-order valence-electron chi connectivity index (χ4n) is 2.55. The van der Waals surface area contributed by atoms with Gasteiger partial charge in [-0.25, -0.2) is 8.42 Å². The predicted octanol–water partition coefficient (Wildman–Crippen LogP) is 4.60. The second-order valence-electron chi connectivity index (χ2n) is 5.36. The van der Waals surface area contributed by atoms with Crippen LogP contribution in [0, 0.1) is 0 Å². The van der Waals surface area contributed by atoms with Crippen LogP contribution in [0.4, 0.5) is 14.5 Å². The number of rotatable bonds is 3. The molecule has 1 aliphatic rings. The van der Waals surface area contributed by atoms with Crippen LogP contribution in [0.5, 0.6) is 11.5 Å². The summed E-state index contributed by atoms with van der Waals surface area (Å²) in [5.41, 5.74) is 0.581. The van der Waals surface area contributed by atoms with Crippen molar-refractivity contribution in [2.24, 2.45) is 0 Å². The van der Waals surface area contributed by atoms with Crippen molar-refractivity contribution in [3.05, 3.63) is 46.6 Å². The van der Waals surface area contributed by atoms with E-state index in [0.717, 1.165) is 18.2 Å². The van der Waals surface area contributed by atoms with E-state index in [0.29, 0.717) is 20.9 Å². The molecule has 6 nitrogen and oxygen atoms in total. The zero-order chi connectivity index (χ0) is 18.7. The Kier molecular flexibility index (Phi) is 3.73. The number of sulfonamides is 1. The first-order valence-electron chi connectivity index (χ1n) is 7.04.